The maximum atomic E-state index is 11.8. The van der Waals surface area contributed by atoms with E-state index in [4.69, 9.17) is 9.84 Å². The second kappa shape index (κ2) is 7.11. The maximum absolute atomic E-state index is 11.8. The molecular formula is C14H21NO4. The molecule has 0 aliphatic carbocycles. The van der Waals surface area contributed by atoms with E-state index in [-0.39, 0.29) is 12.5 Å². The molecule has 0 saturated carbocycles. The van der Waals surface area contributed by atoms with Gasteiger partial charge in [-0.05, 0) is 37.6 Å². The molecule has 0 fully saturated rings. The number of aliphatic hydroxyl groups is 2. The Labute approximate surface area is 113 Å². The van der Waals surface area contributed by atoms with Crippen molar-refractivity contribution in [2.45, 2.75) is 25.9 Å². The van der Waals surface area contributed by atoms with E-state index in [0.717, 1.165) is 12.2 Å². The summed E-state index contributed by atoms with van der Waals surface area (Å²) in [5, 5.41) is 21.0. The number of aliphatic hydroxyl groups excluding tert-OH is 1. The average Bonchev–Trinajstić information content (AvgIpc) is 2.43. The summed E-state index contributed by atoms with van der Waals surface area (Å²) in [5.74, 6) is 0.427. The lowest BCUT2D eigenvalue weighted by molar-refractivity contribution is 0.00320. The van der Waals surface area contributed by atoms with Crippen molar-refractivity contribution in [1.29, 1.82) is 0 Å². The van der Waals surface area contributed by atoms with Crippen LogP contribution in [0.3, 0.4) is 0 Å². The van der Waals surface area contributed by atoms with E-state index in [2.05, 4.69) is 5.32 Å². The quantitative estimate of drug-likeness (QED) is 0.687. The number of hydrogen-bond acceptors (Lipinski definition) is 4. The van der Waals surface area contributed by atoms with E-state index >= 15 is 0 Å². The Morgan fingerprint density at radius 3 is 2.53 bits per heavy atom. The van der Waals surface area contributed by atoms with Gasteiger partial charge in [-0.25, -0.2) is 0 Å². The molecule has 1 atom stereocenters. The smallest absolute Gasteiger partial charge is 0.251 e. The topological polar surface area (TPSA) is 78.8 Å². The van der Waals surface area contributed by atoms with Crippen LogP contribution in [0.25, 0.3) is 0 Å². The standard InChI is InChI=1S/C14H21NO4/c1-3-8-19-12-6-4-11(5-7-12)13(17)15-9-14(2,18)10-16/h4-7,16,18H,3,8-10H2,1-2H3,(H,15,17). The summed E-state index contributed by atoms with van der Waals surface area (Å²) in [6, 6.07) is 6.78. The van der Waals surface area contributed by atoms with Crippen LogP contribution < -0.4 is 10.1 Å². The summed E-state index contributed by atoms with van der Waals surface area (Å²) < 4.78 is 5.42. The molecule has 1 rings (SSSR count). The van der Waals surface area contributed by atoms with Gasteiger partial charge in [0.1, 0.15) is 11.4 Å². The predicted octanol–water partition coefficient (Wildman–Crippen LogP) is 0.948. The Morgan fingerprint density at radius 2 is 2.00 bits per heavy atom. The average molecular weight is 267 g/mol. The van der Waals surface area contributed by atoms with Crippen molar-refractivity contribution < 1.29 is 19.7 Å². The lowest BCUT2D eigenvalue weighted by atomic mass is 10.1. The number of ether oxygens (including phenoxy) is 1. The first kappa shape index (κ1) is 15.5. The monoisotopic (exact) mass is 267 g/mol. The third kappa shape index (κ3) is 5.28. The van der Waals surface area contributed by atoms with Crippen LogP contribution in [0.15, 0.2) is 24.3 Å². The molecule has 1 amide bonds. The highest BCUT2D eigenvalue weighted by atomic mass is 16.5. The fraction of sp³-hybridized carbons (Fsp3) is 0.500. The van der Waals surface area contributed by atoms with Crippen molar-refractivity contribution in [3.63, 3.8) is 0 Å². The Hall–Kier alpha value is -1.59. The van der Waals surface area contributed by atoms with Crippen molar-refractivity contribution in [3.05, 3.63) is 29.8 Å². The van der Waals surface area contributed by atoms with Gasteiger partial charge in [-0.3, -0.25) is 4.79 Å². The molecule has 0 heterocycles. The Bertz CT molecular complexity index is 400. The van der Waals surface area contributed by atoms with Gasteiger partial charge in [0, 0.05) is 12.1 Å². The summed E-state index contributed by atoms with van der Waals surface area (Å²) in [5.41, 5.74) is -0.822. The van der Waals surface area contributed by atoms with Crippen molar-refractivity contribution in [2.24, 2.45) is 0 Å². The molecule has 0 aliphatic heterocycles. The first-order valence-corrected chi connectivity index (χ1v) is 6.33. The molecule has 0 bridgehead atoms. The molecule has 0 radical (unpaired) electrons. The number of carbonyl (C=O) groups is 1. The van der Waals surface area contributed by atoms with Crippen LogP contribution in [0.1, 0.15) is 30.6 Å². The molecule has 0 saturated heterocycles. The highest BCUT2D eigenvalue weighted by molar-refractivity contribution is 5.94. The van der Waals surface area contributed by atoms with Crippen molar-refractivity contribution >= 4 is 5.91 Å². The van der Waals surface area contributed by atoms with Crippen molar-refractivity contribution in [3.8, 4) is 5.75 Å². The zero-order valence-corrected chi connectivity index (χ0v) is 11.3. The normalized spacial score (nSPS) is 13.7. The van der Waals surface area contributed by atoms with Crippen molar-refractivity contribution in [1.82, 2.24) is 5.32 Å². The van der Waals surface area contributed by atoms with Crippen LogP contribution in [0, 0.1) is 0 Å². The van der Waals surface area contributed by atoms with E-state index in [1.165, 1.54) is 6.92 Å². The van der Waals surface area contributed by atoms with Gasteiger partial charge >= 0.3 is 0 Å². The lowest BCUT2D eigenvalue weighted by Crippen LogP contribution is -2.43. The number of hydrogen-bond donors (Lipinski definition) is 3. The van der Waals surface area contributed by atoms with Crippen LogP contribution in [0.2, 0.25) is 0 Å². The second-order valence-corrected chi connectivity index (χ2v) is 4.71. The van der Waals surface area contributed by atoms with Gasteiger partial charge in [-0.15, -0.1) is 0 Å². The molecular weight excluding hydrogens is 246 g/mol. The summed E-state index contributed by atoms with van der Waals surface area (Å²) >= 11 is 0. The zero-order valence-electron chi connectivity index (χ0n) is 11.3. The Morgan fingerprint density at radius 1 is 1.37 bits per heavy atom. The van der Waals surface area contributed by atoms with Crippen LogP contribution in [0.4, 0.5) is 0 Å². The first-order chi connectivity index (χ1) is 8.98. The fourth-order valence-electron chi connectivity index (χ4n) is 1.35. The van der Waals surface area contributed by atoms with E-state index in [1.54, 1.807) is 24.3 Å². The van der Waals surface area contributed by atoms with E-state index in [9.17, 15) is 9.90 Å². The van der Waals surface area contributed by atoms with Crippen molar-refractivity contribution in [2.75, 3.05) is 19.8 Å². The molecule has 3 N–H and O–H groups in total. The van der Waals surface area contributed by atoms with Gasteiger partial charge in [-0.2, -0.15) is 0 Å². The van der Waals surface area contributed by atoms with Gasteiger partial charge in [-0.1, -0.05) is 6.92 Å². The molecule has 0 aromatic heterocycles. The van der Waals surface area contributed by atoms with Crippen LogP contribution in [-0.2, 0) is 0 Å². The molecule has 0 spiro atoms. The van der Waals surface area contributed by atoms with Gasteiger partial charge in [0.2, 0.25) is 0 Å². The molecule has 19 heavy (non-hydrogen) atoms. The highest BCUT2D eigenvalue weighted by Crippen LogP contribution is 2.12. The summed E-state index contributed by atoms with van der Waals surface area (Å²) in [6.07, 6.45) is 0.929. The number of amides is 1. The molecule has 1 unspecified atom stereocenters. The first-order valence-electron chi connectivity index (χ1n) is 6.33. The summed E-state index contributed by atoms with van der Waals surface area (Å²) in [7, 11) is 0. The maximum Gasteiger partial charge on any atom is 0.251 e. The second-order valence-electron chi connectivity index (χ2n) is 4.71. The summed E-state index contributed by atoms with van der Waals surface area (Å²) in [4.78, 5) is 11.8. The van der Waals surface area contributed by atoms with E-state index in [0.29, 0.717) is 12.2 Å². The molecule has 5 heteroatoms. The Balaban J connectivity index is 2.53. The number of benzene rings is 1. The fourth-order valence-corrected chi connectivity index (χ4v) is 1.35. The molecule has 106 valence electrons. The van der Waals surface area contributed by atoms with Gasteiger partial charge in [0.25, 0.3) is 5.91 Å². The molecule has 0 aliphatic rings. The number of rotatable bonds is 7. The summed E-state index contributed by atoms with van der Waals surface area (Å²) in [6.45, 7) is 3.71. The van der Waals surface area contributed by atoms with Gasteiger partial charge < -0.3 is 20.3 Å². The SMILES string of the molecule is CCCOc1ccc(C(=O)NCC(C)(O)CO)cc1. The Kier molecular flexibility index (Phi) is 5.79. The largest absolute Gasteiger partial charge is 0.494 e. The van der Waals surface area contributed by atoms with Crippen LogP contribution in [0.5, 0.6) is 5.75 Å². The van der Waals surface area contributed by atoms with E-state index < -0.39 is 12.2 Å². The zero-order chi connectivity index (χ0) is 14.3. The third-order valence-electron chi connectivity index (χ3n) is 2.56. The minimum Gasteiger partial charge on any atom is -0.494 e. The number of carbonyl (C=O) groups excluding carboxylic acids is 1. The van der Waals surface area contributed by atoms with Crippen LogP contribution >= 0.6 is 0 Å². The lowest BCUT2D eigenvalue weighted by Gasteiger charge is -2.20. The minimum atomic E-state index is -1.31. The van der Waals surface area contributed by atoms with E-state index in [1.807, 2.05) is 6.92 Å². The van der Waals surface area contributed by atoms with Gasteiger partial charge in [0.15, 0.2) is 0 Å². The predicted molar refractivity (Wildman–Crippen MR) is 72.3 cm³/mol. The third-order valence-corrected chi connectivity index (χ3v) is 2.56. The van der Waals surface area contributed by atoms with Crippen LogP contribution in [-0.4, -0.2) is 41.5 Å². The minimum absolute atomic E-state index is 0.00355. The molecule has 5 nitrogen and oxygen atoms in total. The van der Waals surface area contributed by atoms with Gasteiger partial charge in [0.05, 0.1) is 13.2 Å². The number of nitrogens with one attached hydrogen (secondary N) is 1. The molecule has 1 aromatic rings. The molecule has 1 aromatic carbocycles. The highest BCUT2D eigenvalue weighted by Gasteiger charge is 2.20.